The van der Waals surface area contributed by atoms with E-state index in [-0.39, 0.29) is 0 Å². The van der Waals surface area contributed by atoms with E-state index in [0.29, 0.717) is 11.3 Å². The molecular weight excluding hydrogens is 346 g/mol. The third kappa shape index (κ3) is 2.87. The van der Waals surface area contributed by atoms with Crippen LogP contribution in [0.25, 0.3) is 10.9 Å². The Balaban J connectivity index is 1.72. The lowest BCUT2D eigenvalue weighted by Gasteiger charge is -2.07. The molecule has 0 fully saturated rings. The van der Waals surface area contributed by atoms with Crippen LogP contribution < -0.4 is 10.9 Å². The molecule has 3 N–H and O–H groups in total. The molecule has 1 amide bonds. The first kappa shape index (κ1) is 14.3. The summed E-state index contributed by atoms with van der Waals surface area (Å²) in [6, 6.07) is 14.6. The summed E-state index contributed by atoms with van der Waals surface area (Å²) in [5, 5.41) is 0.728. The number of aromatic amines is 1. The number of benzene rings is 2. The Bertz CT molecular complexity index is 840. The molecule has 0 saturated heterocycles. The van der Waals surface area contributed by atoms with Crippen molar-refractivity contribution in [1.29, 1.82) is 0 Å². The maximum absolute atomic E-state index is 12.2. The molecule has 0 aliphatic rings. The van der Waals surface area contributed by atoms with Crippen LogP contribution in [-0.4, -0.2) is 16.7 Å². The number of hydrazine groups is 1. The van der Waals surface area contributed by atoms with Crippen molar-refractivity contribution in [3.8, 4) is 0 Å². The summed E-state index contributed by atoms with van der Waals surface area (Å²) >= 11 is 3.33. The van der Waals surface area contributed by atoms with Gasteiger partial charge in [0.25, 0.3) is 5.78 Å². The topological polar surface area (TPSA) is 74.0 Å². The van der Waals surface area contributed by atoms with Crippen LogP contribution in [0.1, 0.15) is 10.4 Å². The van der Waals surface area contributed by atoms with Crippen molar-refractivity contribution >= 4 is 44.2 Å². The van der Waals surface area contributed by atoms with Gasteiger partial charge in [-0.3, -0.25) is 20.4 Å². The van der Waals surface area contributed by atoms with Gasteiger partial charge in [0.15, 0.2) is 0 Å². The minimum absolute atomic E-state index is 0.353. The number of carbonyl (C=O) groups excluding carboxylic acids is 2. The largest absolute Gasteiger partial charge is 0.360 e. The molecule has 0 unspecified atom stereocenters. The van der Waals surface area contributed by atoms with E-state index >= 15 is 0 Å². The SMILES string of the molecule is O=C(NNc1ccc(Br)cc1)C(=O)c1c[nH]c2ccccc12. The van der Waals surface area contributed by atoms with Gasteiger partial charge in [0.05, 0.1) is 11.3 Å². The first-order valence-corrected chi connectivity index (χ1v) is 7.37. The van der Waals surface area contributed by atoms with Crippen molar-refractivity contribution in [3.05, 3.63) is 64.8 Å². The lowest BCUT2D eigenvalue weighted by atomic mass is 10.1. The Kier molecular flexibility index (Phi) is 3.93. The third-order valence-electron chi connectivity index (χ3n) is 3.20. The molecule has 0 radical (unpaired) electrons. The number of hydrogen-bond acceptors (Lipinski definition) is 3. The molecule has 0 aliphatic heterocycles. The summed E-state index contributed by atoms with van der Waals surface area (Å²) in [5.74, 6) is -1.31. The van der Waals surface area contributed by atoms with E-state index in [1.807, 2.05) is 30.3 Å². The van der Waals surface area contributed by atoms with Crippen LogP contribution in [0, 0.1) is 0 Å². The number of anilines is 1. The second-order valence-electron chi connectivity index (χ2n) is 4.66. The van der Waals surface area contributed by atoms with E-state index in [0.717, 1.165) is 15.4 Å². The van der Waals surface area contributed by atoms with Gasteiger partial charge in [-0.1, -0.05) is 34.1 Å². The number of para-hydroxylation sites is 1. The quantitative estimate of drug-likeness (QED) is 0.381. The summed E-state index contributed by atoms with van der Waals surface area (Å²) in [7, 11) is 0. The summed E-state index contributed by atoms with van der Waals surface area (Å²) < 4.78 is 0.930. The summed E-state index contributed by atoms with van der Waals surface area (Å²) in [6.45, 7) is 0. The van der Waals surface area contributed by atoms with Crippen molar-refractivity contribution in [2.45, 2.75) is 0 Å². The second kappa shape index (κ2) is 6.03. The fraction of sp³-hybridized carbons (Fsp3) is 0. The fourth-order valence-corrected chi connectivity index (χ4v) is 2.36. The van der Waals surface area contributed by atoms with Gasteiger partial charge in [-0.05, 0) is 30.3 Å². The molecule has 1 aromatic heterocycles. The van der Waals surface area contributed by atoms with Crippen LogP contribution in [0.5, 0.6) is 0 Å². The molecule has 5 nitrogen and oxygen atoms in total. The predicted molar refractivity (Wildman–Crippen MR) is 88.5 cm³/mol. The highest BCUT2D eigenvalue weighted by atomic mass is 79.9. The first-order chi connectivity index (χ1) is 10.6. The number of nitrogens with one attached hydrogen (secondary N) is 3. The number of fused-ring (bicyclic) bond motifs is 1. The van der Waals surface area contributed by atoms with Crippen molar-refractivity contribution in [3.63, 3.8) is 0 Å². The maximum Gasteiger partial charge on any atom is 0.310 e. The number of Topliss-reactive ketones (excluding diaryl/α,β-unsaturated/α-hetero) is 1. The molecule has 2 aromatic carbocycles. The van der Waals surface area contributed by atoms with Gasteiger partial charge < -0.3 is 4.98 Å². The van der Waals surface area contributed by atoms with E-state index in [2.05, 4.69) is 31.8 Å². The van der Waals surface area contributed by atoms with Crippen molar-refractivity contribution in [2.75, 3.05) is 5.43 Å². The van der Waals surface area contributed by atoms with Crippen molar-refractivity contribution in [2.24, 2.45) is 0 Å². The zero-order valence-electron chi connectivity index (χ0n) is 11.4. The monoisotopic (exact) mass is 357 g/mol. The average Bonchev–Trinajstić information content (AvgIpc) is 2.97. The lowest BCUT2D eigenvalue weighted by Crippen LogP contribution is -2.35. The van der Waals surface area contributed by atoms with Gasteiger partial charge in [0, 0.05) is 21.6 Å². The molecule has 6 heteroatoms. The number of carbonyl (C=O) groups is 2. The summed E-state index contributed by atoms with van der Waals surface area (Å²) in [4.78, 5) is 27.2. The molecule has 0 saturated carbocycles. The van der Waals surface area contributed by atoms with Crippen molar-refractivity contribution < 1.29 is 9.59 Å². The summed E-state index contributed by atoms with van der Waals surface area (Å²) in [5.41, 5.74) is 6.97. The number of rotatable bonds is 4. The van der Waals surface area contributed by atoms with Gasteiger partial charge in [0.1, 0.15) is 0 Å². The molecule has 110 valence electrons. The van der Waals surface area contributed by atoms with Crippen LogP contribution in [0.3, 0.4) is 0 Å². The smallest absolute Gasteiger partial charge is 0.310 e. The van der Waals surface area contributed by atoms with Gasteiger partial charge in [-0.15, -0.1) is 0 Å². The number of hydrogen-bond donors (Lipinski definition) is 3. The molecular formula is C16H12BrN3O2. The molecule has 1 heterocycles. The van der Waals surface area contributed by atoms with E-state index in [4.69, 9.17) is 0 Å². The van der Waals surface area contributed by atoms with Gasteiger partial charge in [-0.2, -0.15) is 0 Å². The van der Waals surface area contributed by atoms with Crippen LogP contribution >= 0.6 is 15.9 Å². The van der Waals surface area contributed by atoms with E-state index in [1.54, 1.807) is 24.4 Å². The van der Waals surface area contributed by atoms with E-state index in [9.17, 15) is 9.59 Å². The number of H-pyrrole nitrogens is 1. The molecule has 0 bridgehead atoms. The minimum Gasteiger partial charge on any atom is -0.360 e. The lowest BCUT2D eigenvalue weighted by molar-refractivity contribution is -0.116. The normalized spacial score (nSPS) is 10.4. The minimum atomic E-state index is -0.715. The highest BCUT2D eigenvalue weighted by Crippen LogP contribution is 2.18. The molecule has 3 aromatic rings. The Labute approximate surface area is 134 Å². The van der Waals surface area contributed by atoms with Crippen LogP contribution in [0.15, 0.2) is 59.2 Å². The second-order valence-corrected chi connectivity index (χ2v) is 5.58. The number of aromatic nitrogens is 1. The third-order valence-corrected chi connectivity index (χ3v) is 3.73. The van der Waals surface area contributed by atoms with Crippen molar-refractivity contribution in [1.82, 2.24) is 10.4 Å². The zero-order valence-corrected chi connectivity index (χ0v) is 13.0. The van der Waals surface area contributed by atoms with Crippen LogP contribution in [0.2, 0.25) is 0 Å². The van der Waals surface area contributed by atoms with Gasteiger partial charge in [-0.25, -0.2) is 0 Å². The average molecular weight is 358 g/mol. The molecule has 0 atom stereocenters. The van der Waals surface area contributed by atoms with E-state index < -0.39 is 11.7 Å². The van der Waals surface area contributed by atoms with Crippen LogP contribution in [0.4, 0.5) is 5.69 Å². The number of halogens is 1. The van der Waals surface area contributed by atoms with Crippen LogP contribution in [-0.2, 0) is 4.79 Å². The Morgan fingerprint density at radius 1 is 1.00 bits per heavy atom. The standard InChI is InChI=1S/C16H12BrN3O2/c17-10-5-7-11(8-6-10)19-20-16(22)15(21)13-9-18-14-4-2-1-3-12(13)14/h1-9,18-19H,(H,20,22). The molecule has 0 aliphatic carbocycles. The zero-order chi connectivity index (χ0) is 15.5. The summed E-state index contributed by atoms with van der Waals surface area (Å²) in [6.07, 6.45) is 1.55. The van der Waals surface area contributed by atoms with E-state index in [1.165, 1.54) is 0 Å². The number of ketones is 1. The predicted octanol–water partition coefficient (Wildman–Crippen LogP) is 3.26. The number of amides is 1. The highest BCUT2D eigenvalue weighted by Gasteiger charge is 2.19. The first-order valence-electron chi connectivity index (χ1n) is 6.57. The Morgan fingerprint density at radius 2 is 1.73 bits per heavy atom. The fourth-order valence-electron chi connectivity index (χ4n) is 2.10. The molecule has 22 heavy (non-hydrogen) atoms. The van der Waals surface area contributed by atoms with Gasteiger partial charge in [0.2, 0.25) is 0 Å². The molecule has 3 rings (SSSR count). The Morgan fingerprint density at radius 3 is 2.50 bits per heavy atom. The maximum atomic E-state index is 12.2. The highest BCUT2D eigenvalue weighted by molar-refractivity contribution is 9.10. The van der Waals surface area contributed by atoms with Gasteiger partial charge >= 0.3 is 5.91 Å². The Hall–Kier alpha value is -2.60. The molecule has 0 spiro atoms.